The van der Waals surface area contributed by atoms with Crippen LogP contribution in [0.25, 0.3) is 0 Å². The van der Waals surface area contributed by atoms with E-state index in [1.54, 1.807) is 6.92 Å². The molecule has 0 aromatic carbocycles. The van der Waals surface area contributed by atoms with E-state index in [0.29, 0.717) is 12.1 Å². The first-order valence-corrected chi connectivity index (χ1v) is 7.47. The van der Waals surface area contributed by atoms with Crippen molar-refractivity contribution in [2.45, 2.75) is 33.2 Å². The van der Waals surface area contributed by atoms with Gasteiger partial charge >= 0.3 is 5.69 Å². The topological polar surface area (TPSA) is 114 Å². The van der Waals surface area contributed by atoms with Gasteiger partial charge in [-0.05, 0) is 19.4 Å². The van der Waals surface area contributed by atoms with Crippen LogP contribution in [0.3, 0.4) is 0 Å². The first kappa shape index (κ1) is 16.6. The summed E-state index contributed by atoms with van der Waals surface area (Å²) in [5.74, 6) is -0.426. The van der Waals surface area contributed by atoms with Crippen molar-refractivity contribution in [2.24, 2.45) is 0 Å². The number of hydrogen-bond donors (Lipinski definition) is 2. The number of nitrogens with two attached hydrogens (primary N) is 1. The Balaban J connectivity index is 2.54. The lowest BCUT2D eigenvalue weighted by Crippen LogP contribution is -2.41. The molecule has 0 bridgehead atoms. The zero-order valence-corrected chi connectivity index (χ0v) is 13.2. The average Bonchev–Trinajstić information content (AvgIpc) is 3.05. The first-order chi connectivity index (χ1) is 11.0. The molecule has 0 aliphatic heterocycles. The summed E-state index contributed by atoms with van der Waals surface area (Å²) < 4.78 is 6.19. The Hall–Kier alpha value is -2.77. The lowest BCUT2D eigenvalue weighted by molar-refractivity contribution is 0.0987. The van der Waals surface area contributed by atoms with Crippen LogP contribution in [0.5, 0.6) is 0 Å². The van der Waals surface area contributed by atoms with E-state index in [4.69, 9.17) is 10.2 Å². The molecule has 0 unspecified atom stereocenters. The van der Waals surface area contributed by atoms with Crippen molar-refractivity contribution in [3.8, 4) is 0 Å². The average molecular weight is 320 g/mol. The summed E-state index contributed by atoms with van der Waals surface area (Å²) in [5, 5.41) is 0. The van der Waals surface area contributed by atoms with Crippen LogP contribution in [0.2, 0.25) is 0 Å². The van der Waals surface area contributed by atoms with Gasteiger partial charge in [-0.15, -0.1) is 0 Å². The van der Waals surface area contributed by atoms with Gasteiger partial charge in [0.05, 0.1) is 11.8 Å². The molecule has 1 amide bonds. The van der Waals surface area contributed by atoms with Gasteiger partial charge in [0.25, 0.3) is 11.5 Å². The van der Waals surface area contributed by atoms with Crippen molar-refractivity contribution >= 4 is 17.4 Å². The molecule has 0 saturated heterocycles. The van der Waals surface area contributed by atoms with Crippen molar-refractivity contribution in [3.05, 3.63) is 45.0 Å². The van der Waals surface area contributed by atoms with E-state index in [1.165, 1.54) is 28.1 Å². The van der Waals surface area contributed by atoms with Gasteiger partial charge < -0.3 is 15.1 Å². The summed E-state index contributed by atoms with van der Waals surface area (Å²) in [6, 6.07) is 1.50. The van der Waals surface area contributed by atoms with Crippen LogP contribution >= 0.6 is 0 Å². The molecule has 8 nitrogen and oxygen atoms in total. The Morgan fingerprint density at radius 3 is 2.70 bits per heavy atom. The highest BCUT2D eigenvalue weighted by atomic mass is 16.3. The molecule has 124 valence electrons. The predicted octanol–water partition coefficient (Wildman–Crippen LogP) is 1.18. The third kappa shape index (κ3) is 3.20. The second-order valence-electron chi connectivity index (χ2n) is 5.06. The minimum atomic E-state index is -0.682. The van der Waals surface area contributed by atoms with E-state index < -0.39 is 17.2 Å². The molecule has 0 radical (unpaired) electrons. The van der Waals surface area contributed by atoms with Gasteiger partial charge in [-0.25, -0.2) is 4.79 Å². The molecule has 2 aromatic rings. The van der Waals surface area contributed by atoms with Gasteiger partial charge in [0.2, 0.25) is 0 Å². The van der Waals surface area contributed by atoms with Crippen LogP contribution < -0.4 is 21.9 Å². The van der Waals surface area contributed by atoms with E-state index >= 15 is 0 Å². The fraction of sp³-hybridized carbons (Fsp3) is 0.400. The number of nitrogens with zero attached hydrogens (tertiary/aromatic N) is 2. The summed E-state index contributed by atoms with van der Waals surface area (Å²) in [7, 11) is 0. The number of carbonyl (C=O) groups excluding carboxylic acids is 1. The van der Waals surface area contributed by atoms with Crippen LogP contribution in [0, 0.1) is 0 Å². The second kappa shape index (κ2) is 6.99. The number of furan rings is 1. The summed E-state index contributed by atoms with van der Waals surface area (Å²) >= 11 is 0. The Kier molecular flexibility index (Phi) is 5.05. The molecular weight excluding hydrogens is 300 g/mol. The van der Waals surface area contributed by atoms with E-state index in [9.17, 15) is 14.4 Å². The molecule has 23 heavy (non-hydrogen) atoms. The fourth-order valence-electron chi connectivity index (χ4n) is 2.32. The Bertz CT molecular complexity index is 789. The molecule has 8 heteroatoms. The standard InChI is InChI=1S/C15H20N4O4/c1-3-5-7-19-12(16)11(13(20)17-15(19)22)18(4-2)14(21)10-6-8-23-9-10/h6,8-9H,3-5,7,16H2,1-2H3,(H,17,20,22). The van der Waals surface area contributed by atoms with Crippen LogP contribution in [0.1, 0.15) is 37.0 Å². The number of H-pyrrole nitrogens is 1. The van der Waals surface area contributed by atoms with Crippen LogP contribution in [0.15, 0.2) is 32.6 Å². The maximum absolute atomic E-state index is 12.5. The van der Waals surface area contributed by atoms with E-state index in [1.807, 2.05) is 6.92 Å². The zero-order chi connectivity index (χ0) is 17.0. The lowest BCUT2D eigenvalue weighted by Gasteiger charge is -2.22. The molecule has 2 rings (SSSR count). The van der Waals surface area contributed by atoms with Gasteiger partial charge in [-0.3, -0.25) is 19.1 Å². The van der Waals surface area contributed by atoms with Crippen LogP contribution in [-0.2, 0) is 6.54 Å². The van der Waals surface area contributed by atoms with Gasteiger partial charge in [0.1, 0.15) is 12.1 Å². The maximum atomic E-state index is 12.5. The third-order valence-electron chi connectivity index (χ3n) is 3.55. The minimum absolute atomic E-state index is 0.00843. The predicted molar refractivity (Wildman–Crippen MR) is 86.7 cm³/mol. The first-order valence-electron chi connectivity index (χ1n) is 7.47. The molecular formula is C15H20N4O4. The number of rotatable bonds is 6. The smallest absolute Gasteiger partial charge is 0.330 e. The molecule has 0 atom stereocenters. The lowest BCUT2D eigenvalue weighted by atomic mass is 10.2. The SMILES string of the molecule is CCCCn1c(N)c(N(CC)C(=O)c2ccoc2)c(=O)[nH]c1=O. The molecule has 2 aromatic heterocycles. The monoisotopic (exact) mass is 320 g/mol. The highest BCUT2D eigenvalue weighted by molar-refractivity contribution is 6.06. The summed E-state index contributed by atoms with van der Waals surface area (Å²) in [5.41, 5.74) is 5.05. The van der Waals surface area contributed by atoms with Crippen molar-refractivity contribution in [2.75, 3.05) is 17.2 Å². The van der Waals surface area contributed by atoms with Gasteiger partial charge in [-0.2, -0.15) is 0 Å². The summed E-state index contributed by atoms with van der Waals surface area (Å²) in [6.07, 6.45) is 4.27. The number of carbonyl (C=O) groups is 1. The summed E-state index contributed by atoms with van der Waals surface area (Å²) in [6.45, 7) is 4.30. The maximum Gasteiger partial charge on any atom is 0.330 e. The number of unbranched alkanes of at least 4 members (excludes halogenated alkanes) is 1. The van der Waals surface area contributed by atoms with Gasteiger partial charge in [0, 0.05) is 13.1 Å². The Morgan fingerprint density at radius 1 is 1.39 bits per heavy atom. The van der Waals surface area contributed by atoms with Crippen molar-refractivity contribution in [3.63, 3.8) is 0 Å². The van der Waals surface area contributed by atoms with Gasteiger partial charge in [-0.1, -0.05) is 13.3 Å². The largest absolute Gasteiger partial charge is 0.472 e. The highest BCUT2D eigenvalue weighted by Crippen LogP contribution is 2.19. The number of nitrogens with one attached hydrogen (secondary N) is 1. The Labute approximate surface area is 132 Å². The van der Waals surface area contributed by atoms with Crippen molar-refractivity contribution in [1.82, 2.24) is 9.55 Å². The highest BCUT2D eigenvalue weighted by Gasteiger charge is 2.24. The molecule has 2 heterocycles. The minimum Gasteiger partial charge on any atom is -0.472 e. The fourth-order valence-corrected chi connectivity index (χ4v) is 2.32. The number of nitrogen functional groups attached to an aromatic ring is 1. The van der Waals surface area contributed by atoms with E-state index in [0.717, 1.165) is 12.8 Å². The van der Waals surface area contributed by atoms with Crippen LogP contribution in [-0.4, -0.2) is 22.0 Å². The van der Waals surface area contributed by atoms with E-state index in [-0.39, 0.29) is 18.1 Å². The number of hydrogen-bond acceptors (Lipinski definition) is 5. The zero-order valence-electron chi connectivity index (χ0n) is 13.2. The molecule has 0 aliphatic carbocycles. The van der Waals surface area contributed by atoms with Crippen molar-refractivity contribution in [1.29, 1.82) is 0 Å². The van der Waals surface area contributed by atoms with Gasteiger partial charge in [0.15, 0.2) is 5.69 Å². The van der Waals surface area contributed by atoms with Crippen LogP contribution in [0.4, 0.5) is 11.5 Å². The number of anilines is 2. The number of aromatic nitrogens is 2. The second-order valence-corrected chi connectivity index (χ2v) is 5.06. The molecule has 0 spiro atoms. The molecule has 0 saturated carbocycles. The number of aromatic amines is 1. The molecule has 0 fully saturated rings. The third-order valence-corrected chi connectivity index (χ3v) is 3.55. The Morgan fingerprint density at radius 2 is 2.13 bits per heavy atom. The van der Waals surface area contributed by atoms with Crippen molar-refractivity contribution < 1.29 is 9.21 Å². The van der Waals surface area contributed by atoms with E-state index in [2.05, 4.69) is 4.98 Å². The number of amides is 1. The normalized spacial score (nSPS) is 10.7. The molecule has 3 N–H and O–H groups in total. The molecule has 0 aliphatic rings. The quantitative estimate of drug-likeness (QED) is 0.829. The summed E-state index contributed by atoms with van der Waals surface area (Å²) in [4.78, 5) is 40.1.